The van der Waals surface area contributed by atoms with E-state index in [0.29, 0.717) is 16.7 Å². The highest BCUT2D eigenvalue weighted by molar-refractivity contribution is 6.24. The maximum atomic E-state index is 9.26. The van der Waals surface area contributed by atoms with Crippen LogP contribution in [0.1, 0.15) is 6.85 Å². The molecule has 0 aliphatic carbocycles. The van der Waals surface area contributed by atoms with E-state index >= 15 is 0 Å². The number of fused-ring (bicyclic) bond motifs is 10. The van der Waals surface area contributed by atoms with Crippen LogP contribution in [0.4, 0.5) is 0 Å². The van der Waals surface area contributed by atoms with Gasteiger partial charge in [-0.25, -0.2) is 4.98 Å². The first-order chi connectivity index (χ1) is 36.3. The van der Waals surface area contributed by atoms with E-state index in [4.69, 9.17) is 23.5 Å². The molecule has 6 nitrogen and oxygen atoms in total. The third kappa shape index (κ3) is 6.16. The summed E-state index contributed by atoms with van der Waals surface area (Å²) in [4.78, 5) is 15.8. The summed E-state index contributed by atoms with van der Waals surface area (Å²) in [6.07, 6.45) is 0. The molecule has 0 aliphatic rings. The first kappa shape index (κ1) is 34.0. The van der Waals surface area contributed by atoms with E-state index in [9.17, 15) is 2.74 Å². The van der Waals surface area contributed by atoms with E-state index in [-0.39, 0.29) is 23.2 Å². The smallest absolute Gasteiger partial charge is 0.238 e. The Kier molecular flexibility index (Phi) is 7.69. The highest BCUT2D eigenvalue weighted by atomic mass is 16.3. The summed E-state index contributed by atoms with van der Waals surface area (Å²) in [6, 6.07) is 68.0. The molecule has 0 atom stereocenters. The lowest BCUT2D eigenvalue weighted by Crippen LogP contribution is -2.07. The summed E-state index contributed by atoms with van der Waals surface area (Å²) in [6.45, 7) is 0. The van der Waals surface area contributed by atoms with Crippen molar-refractivity contribution in [2.75, 3.05) is 0 Å². The minimum Gasteiger partial charge on any atom is -0.456 e. The van der Waals surface area contributed by atoms with Gasteiger partial charge in [0.05, 0.1) is 34.6 Å². The van der Waals surface area contributed by atoms with E-state index < -0.39 is 30.2 Å². The number of hydrogen-bond acceptors (Lipinski definition) is 4. The molecule has 0 bridgehead atoms. The highest BCUT2D eigenvalue weighted by Gasteiger charge is 2.26. The Morgan fingerprint density at radius 2 is 0.899 bits per heavy atom. The van der Waals surface area contributed by atoms with Crippen LogP contribution in [0, 0.1) is 0 Å². The molecule has 69 heavy (non-hydrogen) atoms. The predicted octanol–water partition coefficient (Wildman–Crippen LogP) is 16.3. The molecule has 0 saturated carbocycles. The summed E-state index contributed by atoms with van der Waals surface area (Å²) in [5.41, 5.74) is 12.5. The van der Waals surface area contributed by atoms with Crippen LogP contribution in [0.25, 0.3) is 133 Å². The van der Waals surface area contributed by atoms with Gasteiger partial charge in [-0.2, -0.15) is 9.97 Å². The van der Waals surface area contributed by atoms with Gasteiger partial charge < -0.3 is 8.98 Å². The van der Waals surface area contributed by atoms with Crippen molar-refractivity contribution < 1.29 is 11.3 Å². The average molecular weight is 887 g/mol. The lowest BCUT2D eigenvalue weighted by molar-refractivity contribution is 0.669. The van der Waals surface area contributed by atoms with Crippen LogP contribution in [0.15, 0.2) is 241 Å². The highest BCUT2D eigenvalue weighted by Crippen LogP contribution is 2.45. The van der Waals surface area contributed by atoms with Crippen molar-refractivity contribution in [1.82, 2.24) is 24.1 Å². The number of rotatable bonds is 7. The maximum Gasteiger partial charge on any atom is 0.238 e. The van der Waals surface area contributed by atoms with E-state index in [1.807, 2.05) is 78.9 Å². The topological polar surface area (TPSA) is 61.7 Å². The standard InChI is InChI=1S/C63H39N5O/c1-5-19-40(20-6-1)44-35-36-45(41-21-7-2-8-22-41)54(39-44)67-52-31-15-13-27-47(52)49-37-38-50-48-28-14-16-32-53(48)68(60(50)59(49)67)63-65-61(43-25-11-4-12-26-43)64-62(66-63)51-30-18-34-56-58(51)57-46(29-17-33-55(57)69-56)42-23-9-3-10-24-42/h1-39H/i4D,11D,12D,25D,26D. The summed E-state index contributed by atoms with van der Waals surface area (Å²) >= 11 is 0. The Hall–Kier alpha value is -9.39. The van der Waals surface area contributed by atoms with Crippen molar-refractivity contribution in [3.63, 3.8) is 0 Å². The van der Waals surface area contributed by atoms with Crippen molar-refractivity contribution in [2.45, 2.75) is 0 Å². The van der Waals surface area contributed by atoms with Gasteiger partial charge in [0.2, 0.25) is 5.95 Å². The van der Waals surface area contributed by atoms with E-state index in [2.05, 4.69) is 137 Å². The summed E-state index contributed by atoms with van der Waals surface area (Å²) in [7, 11) is 0. The fraction of sp³-hybridized carbons (Fsp3) is 0. The zero-order valence-corrected chi connectivity index (χ0v) is 36.8. The van der Waals surface area contributed by atoms with Gasteiger partial charge >= 0.3 is 0 Å². The van der Waals surface area contributed by atoms with Crippen molar-refractivity contribution in [3.05, 3.63) is 236 Å². The molecular formula is C63H39N5O. The average Bonchev–Trinajstić information content (AvgIpc) is 4.13. The quantitative estimate of drug-likeness (QED) is 0.160. The zero-order chi connectivity index (χ0) is 49.8. The monoisotopic (exact) mass is 886 g/mol. The van der Waals surface area contributed by atoms with Crippen LogP contribution in [0.2, 0.25) is 0 Å². The Morgan fingerprint density at radius 1 is 0.362 bits per heavy atom. The first-order valence-corrected chi connectivity index (χ1v) is 22.9. The Balaban J connectivity index is 1.15. The summed E-state index contributed by atoms with van der Waals surface area (Å²) in [5.74, 6) is 0.353. The normalized spacial score (nSPS) is 12.8. The van der Waals surface area contributed by atoms with Crippen LogP contribution >= 0.6 is 0 Å². The molecule has 0 radical (unpaired) electrons. The van der Waals surface area contributed by atoms with Crippen molar-refractivity contribution in [1.29, 1.82) is 0 Å². The number of furan rings is 1. The van der Waals surface area contributed by atoms with Gasteiger partial charge in [-0.1, -0.05) is 206 Å². The van der Waals surface area contributed by atoms with Crippen LogP contribution in [-0.4, -0.2) is 24.1 Å². The van der Waals surface area contributed by atoms with Gasteiger partial charge in [0, 0.05) is 49.0 Å². The molecule has 14 aromatic rings. The molecule has 322 valence electrons. The summed E-state index contributed by atoms with van der Waals surface area (Å²) < 4.78 is 55.6. The second-order valence-corrected chi connectivity index (χ2v) is 17.1. The maximum absolute atomic E-state index is 9.26. The number of benzene rings is 10. The second-order valence-electron chi connectivity index (χ2n) is 17.1. The number of nitrogens with zero attached hydrogens (tertiary/aromatic N) is 5. The van der Waals surface area contributed by atoms with Gasteiger partial charge in [-0.3, -0.25) is 4.57 Å². The minimum atomic E-state index is -0.509. The molecule has 14 rings (SSSR count). The van der Waals surface area contributed by atoms with E-state index in [1.165, 1.54) is 0 Å². The van der Waals surface area contributed by atoms with Crippen LogP contribution in [0.5, 0.6) is 0 Å². The molecule has 0 amide bonds. The molecular weight excluding hydrogens is 843 g/mol. The van der Waals surface area contributed by atoms with Gasteiger partial charge in [-0.15, -0.1) is 0 Å². The van der Waals surface area contributed by atoms with Crippen LogP contribution < -0.4 is 0 Å². The Labute approximate surface area is 403 Å². The molecule has 0 aliphatic heterocycles. The van der Waals surface area contributed by atoms with E-state index in [1.54, 1.807) is 0 Å². The third-order valence-electron chi connectivity index (χ3n) is 13.3. The molecule has 4 heterocycles. The lowest BCUT2D eigenvalue weighted by Gasteiger charge is -2.17. The molecule has 0 spiro atoms. The Bertz CT molecular complexity index is 4580. The summed E-state index contributed by atoms with van der Waals surface area (Å²) in [5, 5.41) is 5.58. The van der Waals surface area contributed by atoms with Crippen molar-refractivity contribution in [3.8, 4) is 67.8 Å². The van der Waals surface area contributed by atoms with Gasteiger partial charge in [0.25, 0.3) is 0 Å². The molecule has 0 saturated heterocycles. The zero-order valence-electron chi connectivity index (χ0n) is 41.8. The van der Waals surface area contributed by atoms with Gasteiger partial charge in [0.15, 0.2) is 11.6 Å². The molecule has 4 aromatic heterocycles. The van der Waals surface area contributed by atoms with Crippen LogP contribution in [-0.2, 0) is 0 Å². The predicted molar refractivity (Wildman–Crippen MR) is 283 cm³/mol. The minimum absolute atomic E-state index is 0.0735. The third-order valence-corrected chi connectivity index (χ3v) is 13.3. The number of hydrogen-bond donors (Lipinski definition) is 0. The fourth-order valence-electron chi connectivity index (χ4n) is 10.3. The fourth-order valence-corrected chi connectivity index (χ4v) is 10.3. The molecule has 0 N–H and O–H groups in total. The lowest BCUT2D eigenvalue weighted by atomic mass is 9.97. The largest absolute Gasteiger partial charge is 0.456 e. The molecule has 10 aromatic carbocycles. The SMILES string of the molecule is [2H]c1c([2H])c([2H])c(-c2nc(-c3cccc4oc5cccc(-c6ccccc6)c5c34)nc(-n3c4ccccc4c4ccc5c6ccccc6n(-c6cc(-c7ccccc7)ccc6-c6ccccc6)c5c43)n2)c([2H])c1[2H]. The van der Waals surface area contributed by atoms with Gasteiger partial charge in [-0.05, 0) is 58.1 Å². The number of aromatic nitrogens is 5. The Morgan fingerprint density at radius 3 is 1.57 bits per heavy atom. The number of para-hydroxylation sites is 2. The second kappa shape index (κ2) is 15.6. The van der Waals surface area contributed by atoms with Crippen LogP contribution in [0.3, 0.4) is 0 Å². The van der Waals surface area contributed by atoms with E-state index in [0.717, 1.165) is 93.5 Å². The first-order valence-electron chi connectivity index (χ1n) is 25.4. The molecule has 6 heteroatoms. The molecule has 0 unspecified atom stereocenters. The molecule has 0 fully saturated rings. The van der Waals surface area contributed by atoms with Gasteiger partial charge in [0.1, 0.15) is 11.2 Å². The van der Waals surface area contributed by atoms with Crippen molar-refractivity contribution >= 4 is 65.6 Å². The van der Waals surface area contributed by atoms with Crippen molar-refractivity contribution in [2.24, 2.45) is 0 Å².